The average Bonchev–Trinajstić information content (AvgIpc) is 2.60. The van der Waals surface area contributed by atoms with E-state index in [1.807, 2.05) is 11.8 Å². The highest BCUT2D eigenvalue weighted by Gasteiger charge is 2.24. The summed E-state index contributed by atoms with van der Waals surface area (Å²) in [5.41, 5.74) is 2.67. The van der Waals surface area contributed by atoms with Crippen LogP contribution < -0.4 is 4.90 Å². The maximum absolute atomic E-state index is 3.61. The quantitative estimate of drug-likeness (QED) is 0.567. The van der Waals surface area contributed by atoms with Crippen molar-refractivity contribution < 1.29 is 0 Å². The van der Waals surface area contributed by atoms with E-state index >= 15 is 0 Å². The Morgan fingerprint density at radius 2 is 1.83 bits per heavy atom. The molecule has 2 nitrogen and oxygen atoms in total. The van der Waals surface area contributed by atoms with E-state index in [2.05, 4.69) is 89.1 Å². The molecule has 0 spiro atoms. The summed E-state index contributed by atoms with van der Waals surface area (Å²) in [7, 11) is 2.24. The van der Waals surface area contributed by atoms with Gasteiger partial charge in [-0.25, -0.2) is 0 Å². The molecular weight excluding hydrogens is 380 g/mol. The zero-order valence-corrected chi connectivity index (χ0v) is 17.0. The lowest BCUT2D eigenvalue weighted by atomic mass is 10.1. The first-order chi connectivity index (χ1) is 11.6. The third-order valence-corrected chi connectivity index (χ3v) is 6.47. The Labute approximate surface area is 158 Å². The van der Waals surface area contributed by atoms with Crippen LogP contribution in [0.25, 0.3) is 0 Å². The number of rotatable bonds is 6. The number of benzene rings is 2. The lowest BCUT2D eigenvalue weighted by Crippen LogP contribution is -2.34. The van der Waals surface area contributed by atoms with Crippen molar-refractivity contribution in [3.8, 4) is 0 Å². The minimum absolute atomic E-state index is 0.635. The lowest BCUT2D eigenvalue weighted by molar-refractivity contribution is 0.237. The first-order valence-electron chi connectivity index (χ1n) is 8.68. The van der Waals surface area contributed by atoms with Crippen LogP contribution in [-0.2, 0) is 0 Å². The van der Waals surface area contributed by atoms with E-state index < -0.39 is 0 Å². The minimum atomic E-state index is 0.635. The number of fused-ring (bicyclic) bond motifs is 2. The predicted molar refractivity (Wildman–Crippen MR) is 109 cm³/mol. The molecule has 0 saturated carbocycles. The molecular formula is C20H25BrN2S. The SMILES string of the molecule is CCC(CCN1c2ccccc2Sc2cc(Br)ccc21)N(C)CC. The number of para-hydroxylation sites is 1. The van der Waals surface area contributed by atoms with Crippen LogP contribution in [0.2, 0.25) is 0 Å². The minimum Gasteiger partial charge on any atom is -0.340 e. The molecule has 0 saturated heterocycles. The van der Waals surface area contributed by atoms with Crippen LogP contribution in [0.3, 0.4) is 0 Å². The van der Waals surface area contributed by atoms with Gasteiger partial charge >= 0.3 is 0 Å². The summed E-state index contributed by atoms with van der Waals surface area (Å²) in [6.07, 6.45) is 2.37. The third-order valence-electron chi connectivity index (χ3n) is 4.87. The van der Waals surface area contributed by atoms with Crippen LogP contribution in [0.5, 0.6) is 0 Å². The maximum Gasteiger partial charge on any atom is 0.0553 e. The second-order valence-electron chi connectivity index (χ2n) is 6.26. The predicted octanol–water partition coefficient (Wildman–Crippen LogP) is 6.17. The molecule has 0 aromatic heterocycles. The molecule has 0 bridgehead atoms. The summed E-state index contributed by atoms with van der Waals surface area (Å²) < 4.78 is 1.14. The summed E-state index contributed by atoms with van der Waals surface area (Å²) in [4.78, 5) is 7.65. The van der Waals surface area contributed by atoms with E-state index in [4.69, 9.17) is 0 Å². The molecule has 1 aliphatic heterocycles. The van der Waals surface area contributed by atoms with Crippen molar-refractivity contribution >= 4 is 39.1 Å². The number of hydrogen-bond acceptors (Lipinski definition) is 3. The Hall–Kier alpha value is -0.970. The van der Waals surface area contributed by atoms with E-state index in [0.717, 1.165) is 17.6 Å². The number of halogens is 1. The fourth-order valence-corrected chi connectivity index (χ4v) is 4.97. The van der Waals surface area contributed by atoms with E-state index in [9.17, 15) is 0 Å². The van der Waals surface area contributed by atoms with Crippen molar-refractivity contribution in [1.82, 2.24) is 4.90 Å². The van der Waals surface area contributed by atoms with Crippen molar-refractivity contribution in [3.05, 3.63) is 46.9 Å². The molecule has 2 aromatic carbocycles. The molecule has 24 heavy (non-hydrogen) atoms. The lowest BCUT2D eigenvalue weighted by Gasteiger charge is -2.35. The fraction of sp³-hybridized carbons (Fsp3) is 0.400. The molecule has 0 N–H and O–H groups in total. The number of nitrogens with zero attached hydrogens (tertiary/aromatic N) is 2. The Morgan fingerprint density at radius 1 is 1.08 bits per heavy atom. The van der Waals surface area contributed by atoms with Gasteiger partial charge in [0.05, 0.1) is 11.4 Å². The Kier molecular flexibility index (Phi) is 5.90. The Bertz CT molecular complexity index is 704. The van der Waals surface area contributed by atoms with Crippen LogP contribution in [0.1, 0.15) is 26.7 Å². The summed E-state index contributed by atoms with van der Waals surface area (Å²) >= 11 is 5.48. The largest absolute Gasteiger partial charge is 0.340 e. The second kappa shape index (κ2) is 7.94. The molecule has 0 radical (unpaired) electrons. The highest BCUT2D eigenvalue weighted by molar-refractivity contribution is 9.10. The van der Waals surface area contributed by atoms with Gasteiger partial charge in [0.2, 0.25) is 0 Å². The molecule has 0 amide bonds. The molecule has 128 valence electrons. The standard InChI is InChI=1S/C20H25BrN2S/c1-4-16(22(3)5-2)12-13-23-17-8-6-7-9-19(17)24-20-14-15(21)10-11-18(20)23/h6-11,14,16H,4-5,12-13H2,1-3H3. The normalized spacial score (nSPS) is 14.5. The smallest absolute Gasteiger partial charge is 0.0553 e. The molecule has 1 aliphatic rings. The van der Waals surface area contributed by atoms with Gasteiger partial charge in [-0.2, -0.15) is 0 Å². The molecule has 3 rings (SSSR count). The maximum atomic E-state index is 3.61. The molecule has 1 atom stereocenters. The summed E-state index contributed by atoms with van der Waals surface area (Å²) in [6, 6.07) is 16.0. The van der Waals surface area contributed by atoms with Crippen LogP contribution in [0, 0.1) is 0 Å². The van der Waals surface area contributed by atoms with E-state index in [-0.39, 0.29) is 0 Å². The van der Waals surface area contributed by atoms with Crippen molar-refractivity contribution in [3.63, 3.8) is 0 Å². The monoisotopic (exact) mass is 404 g/mol. The first kappa shape index (κ1) is 17.8. The van der Waals surface area contributed by atoms with Gasteiger partial charge in [0.1, 0.15) is 0 Å². The molecule has 0 aliphatic carbocycles. The zero-order chi connectivity index (χ0) is 17.1. The second-order valence-corrected chi connectivity index (χ2v) is 8.26. The van der Waals surface area contributed by atoms with Crippen molar-refractivity contribution in [2.24, 2.45) is 0 Å². The van der Waals surface area contributed by atoms with Crippen molar-refractivity contribution in [2.75, 3.05) is 25.0 Å². The Balaban J connectivity index is 1.89. The van der Waals surface area contributed by atoms with E-state index in [0.29, 0.717) is 6.04 Å². The van der Waals surface area contributed by atoms with Crippen molar-refractivity contribution in [1.29, 1.82) is 0 Å². The topological polar surface area (TPSA) is 6.48 Å². The van der Waals surface area contributed by atoms with E-state index in [1.54, 1.807) is 0 Å². The van der Waals surface area contributed by atoms with Crippen molar-refractivity contribution in [2.45, 2.75) is 42.5 Å². The highest BCUT2D eigenvalue weighted by Crippen LogP contribution is 2.48. The van der Waals surface area contributed by atoms with E-state index in [1.165, 1.54) is 34.0 Å². The van der Waals surface area contributed by atoms with Gasteiger partial charge in [-0.1, -0.05) is 53.7 Å². The third kappa shape index (κ3) is 3.66. The van der Waals surface area contributed by atoms with Gasteiger partial charge in [0.25, 0.3) is 0 Å². The first-order valence-corrected chi connectivity index (χ1v) is 10.3. The highest BCUT2D eigenvalue weighted by atomic mass is 79.9. The summed E-state index contributed by atoms with van der Waals surface area (Å²) in [5, 5.41) is 0. The van der Waals surface area contributed by atoms with Gasteiger partial charge in [-0.05, 0) is 56.8 Å². The van der Waals surface area contributed by atoms with Crippen LogP contribution in [0.4, 0.5) is 11.4 Å². The molecule has 1 heterocycles. The molecule has 1 unspecified atom stereocenters. The fourth-order valence-electron chi connectivity index (χ4n) is 3.32. The van der Waals surface area contributed by atoms with Gasteiger partial charge in [-0.15, -0.1) is 0 Å². The van der Waals surface area contributed by atoms with Crippen LogP contribution in [0.15, 0.2) is 56.7 Å². The van der Waals surface area contributed by atoms with Gasteiger partial charge < -0.3 is 9.80 Å². The summed E-state index contributed by atoms with van der Waals surface area (Å²) in [6.45, 7) is 6.69. The molecule has 4 heteroatoms. The Morgan fingerprint density at radius 3 is 2.58 bits per heavy atom. The van der Waals surface area contributed by atoms with Gasteiger partial charge in [0.15, 0.2) is 0 Å². The number of anilines is 2. The number of hydrogen-bond donors (Lipinski definition) is 0. The van der Waals surface area contributed by atoms with Gasteiger partial charge in [0, 0.05) is 26.9 Å². The summed E-state index contributed by atoms with van der Waals surface area (Å²) in [5.74, 6) is 0. The van der Waals surface area contributed by atoms with Crippen LogP contribution in [-0.4, -0.2) is 31.1 Å². The average molecular weight is 405 g/mol. The molecule has 0 fully saturated rings. The van der Waals surface area contributed by atoms with Crippen LogP contribution >= 0.6 is 27.7 Å². The zero-order valence-electron chi connectivity index (χ0n) is 14.6. The molecule has 2 aromatic rings. The van der Waals surface area contributed by atoms with Gasteiger partial charge in [-0.3, -0.25) is 0 Å².